The molecule has 7 heteroatoms. The zero-order valence-electron chi connectivity index (χ0n) is 11.4. The third-order valence-corrected chi connectivity index (χ3v) is 2.66. The molecule has 0 saturated heterocycles. The van der Waals surface area contributed by atoms with Crippen LogP contribution in [0.15, 0.2) is 42.5 Å². The van der Waals surface area contributed by atoms with Gasteiger partial charge < -0.3 is 9.47 Å². The monoisotopic (exact) mass is 307 g/mol. The molecular formula is C15H11F2NO4. The van der Waals surface area contributed by atoms with Gasteiger partial charge in [0.2, 0.25) is 0 Å². The number of esters is 1. The van der Waals surface area contributed by atoms with Crippen LogP contribution in [0.3, 0.4) is 0 Å². The summed E-state index contributed by atoms with van der Waals surface area (Å²) in [7, 11) is 1.08. The molecule has 0 atom stereocenters. The highest BCUT2D eigenvalue weighted by Gasteiger charge is 2.19. The first-order chi connectivity index (χ1) is 10.5. The minimum absolute atomic E-state index is 0.252. The van der Waals surface area contributed by atoms with E-state index in [4.69, 9.17) is 4.74 Å². The Hall–Kier alpha value is -2.96. The smallest absolute Gasteiger partial charge is 0.417 e. The number of nitrogens with one attached hydrogen (secondary N) is 1. The van der Waals surface area contributed by atoms with E-state index in [1.165, 1.54) is 12.1 Å². The number of halogens is 2. The summed E-state index contributed by atoms with van der Waals surface area (Å²) < 4.78 is 35.9. The van der Waals surface area contributed by atoms with Gasteiger partial charge in [-0.25, -0.2) is 18.4 Å². The maximum Gasteiger partial charge on any atom is 0.417 e. The van der Waals surface area contributed by atoms with Gasteiger partial charge in [-0.2, -0.15) is 0 Å². The van der Waals surface area contributed by atoms with Crippen molar-refractivity contribution in [2.45, 2.75) is 0 Å². The Balaban J connectivity index is 2.23. The second-order valence-electron chi connectivity index (χ2n) is 4.13. The van der Waals surface area contributed by atoms with Crippen LogP contribution in [-0.4, -0.2) is 19.2 Å². The molecule has 2 rings (SSSR count). The molecule has 0 aromatic heterocycles. The number of benzene rings is 2. The Kier molecular flexibility index (Phi) is 4.67. The maximum atomic E-state index is 13.3. The van der Waals surface area contributed by atoms with Crippen molar-refractivity contribution in [3.63, 3.8) is 0 Å². The van der Waals surface area contributed by atoms with E-state index in [1.807, 2.05) is 0 Å². The number of rotatable bonds is 3. The van der Waals surface area contributed by atoms with Crippen LogP contribution in [0.5, 0.6) is 5.75 Å². The Morgan fingerprint density at radius 1 is 1.05 bits per heavy atom. The Morgan fingerprint density at radius 3 is 2.32 bits per heavy atom. The van der Waals surface area contributed by atoms with E-state index in [9.17, 15) is 18.4 Å². The first-order valence-corrected chi connectivity index (χ1v) is 6.12. The molecule has 0 aliphatic heterocycles. The molecule has 0 heterocycles. The third kappa shape index (κ3) is 3.57. The van der Waals surface area contributed by atoms with Crippen molar-refractivity contribution in [3.8, 4) is 5.75 Å². The maximum absolute atomic E-state index is 13.3. The molecule has 0 aliphatic carbocycles. The third-order valence-electron chi connectivity index (χ3n) is 2.66. The van der Waals surface area contributed by atoms with E-state index in [0.29, 0.717) is 12.1 Å². The number of hydrogen-bond donors (Lipinski definition) is 1. The Morgan fingerprint density at radius 2 is 1.68 bits per heavy atom. The number of anilines is 1. The number of ether oxygens (including phenoxy) is 2. The van der Waals surface area contributed by atoms with E-state index in [1.54, 1.807) is 18.2 Å². The fourth-order valence-corrected chi connectivity index (χ4v) is 1.66. The van der Waals surface area contributed by atoms with Gasteiger partial charge in [0, 0.05) is 6.07 Å². The summed E-state index contributed by atoms with van der Waals surface area (Å²) in [4.78, 5) is 23.3. The van der Waals surface area contributed by atoms with Gasteiger partial charge in [-0.1, -0.05) is 18.2 Å². The zero-order valence-corrected chi connectivity index (χ0v) is 11.4. The summed E-state index contributed by atoms with van der Waals surface area (Å²) in [5.41, 5.74) is -0.585. The first-order valence-electron chi connectivity index (χ1n) is 6.12. The topological polar surface area (TPSA) is 64.6 Å². The molecular weight excluding hydrogens is 296 g/mol. The standard InChI is InChI=1S/C15H11F2NO4/c1-21-14(19)10-7-11(16)12(17)8-13(10)18-15(20)22-9-5-3-2-4-6-9/h2-8H,1H3,(H,18,20). The van der Waals surface area contributed by atoms with Crippen LogP contribution in [0.2, 0.25) is 0 Å². The van der Waals surface area contributed by atoms with Crippen LogP contribution in [0, 0.1) is 11.6 Å². The van der Waals surface area contributed by atoms with Crippen molar-refractivity contribution in [2.75, 3.05) is 12.4 Å². The van der Waals surface area contributed by atoms with Crippen LogP contribution < -0.4 is 10.1 Å². The van der Waals surface area contributed by atoms with Crippen molar-refractivity contribution in [2.24, 2.45) is 0 Å². The number of carbonyl (C=O) groups is 2. The van der Waals surface area contributed by atoms with Gasteiger partial charge in [0.1, 0.15) is 5.75 Å². The average molecular weight is 307 g/mol. The lowest BCUT2D eigenvalue weighted by Crippen LogP contribution is -2.19. The molecule has 2 aromatic carbocycles. The summed E-state index contributed by atoms with van der Waals surface area (Å²) in [5.74, 6) is -3.12. The number of carbonyl (C=O) groups excluding carboxylic acids is 2. The summed E-state index contributed by atoms with van der Waals surface area (Å²) in [6.07, 6.45) is -0.956. The highest BCUT2D eigenvalue weighted by molar-refractivity contribution is 6.00. The molecule has 1 amide bonds. The second-order valence-corrected chi connectivity index (χ2v) is 4.13. The summed E-state index contributed by atoms with van der Waals surface area (Å²) in [6.45, 7) is 0. The molecule has 0 bridgehead atoms. The highest BCUT2D eigenvalue weighted by Crippen LogP contribution is 2.21. The number of hydrogen-bond acceptors (Lipinski definition) is 4. The minimum atomic E-state index is -1.23. The van der Waals surface area contributed by atoms with Crippen LogP contribution in [0.4, 0.5) is 19.3 Å². The van der Waals surface area contributed by atoms with E-state index in [2.05, 4.69) is 10.1 Å². The summed E-state index contributed by atoms with van der Waals surface area (Å²) in [5, 5.41) is 2.17. The van der Waals surface area contributed by atoms with Gasteiger partial charge in [-0.15, -0.1) is 0 Å². The van der Waals surface area contributed by atoms with E-state index in [-0.39, 0.29) is 17.0 Å². The molecule has 5 nitrogen and oxygen atoms in total. The molecule has 0 fully saturated rings. The number of amides is 1. The van der Waals surface area contributed by atoms with Crippen molar-refractivity contribution in [1.82, 2.24) is 0 Å². The predicted octanol–water partition coefficient (Wildman–Crippen LogP) is 3.36. The van der Waals surface area contributed by atoms with Crippen LogP contribution in [-0.2, 0) is 4.74 Å². The molecule has 0 spiro atoms. The summed E-state index contributed by atoms with van der Waals surface area (Å²) in [6, 6.07) is 9.42. The molecule has 2 aromatic rings. The van der Waals surface area contributed by atoms with E-state index < -0.39 is 23.7 Å². The number of para-hydroxylation sites is 1. The Bertz CT molecular complexity index is 704. The van der Waals surface area contributed by atoms with Crippen molar-refractivity contribution < 1.29 is 27.8 Å². The van der Waals surface area contributed by atoms with Crippen molar-refractivity contribution in [3.05, 3.63) is 59.7 Å². The van der Waals surface area contributed by atoms with E-state index in [0.717, 1.165) is 7.11 Å². The van der Waals surface area contributed by atoms with Gasteiger partial charge in [-0.3, -0.25) is 5.32 Å². The van der Waals surface area contributed by atoms with Gasteiger partial charge in [0.05, 0.1) is 18.4 Å². The van der Waals surface area contributed by atoms with Gasteiger partial charge in [0.25, 0.3) is 0 Å². The highest BCUT2D eigenvalue weighted by atomic mass is 19.2. The van der Waals surface area contributed by atoms with Crippen LogP contribution in [0.1, 0.15) is 10.4 Å². The van der Waals surface area contributed by atoms with Crippen molar-refractivity contribution in [1.29, 1.82) is 0 Å². The molecule has 22 heavy (non-hydrogen) atoms. The van der Waals surface area contributed by atoms with Gasteiger partial charge in [-0.05, 0) is 18.2 Å². The summed E-state index contributed by atoms with van der Waals surface area (Å²) >= 11 is 0. The number of methoxy groups -OCH3 is 1. The molecule has 0 saturated carbocycles. The normalized spacial score (nSPS) is 9.95. The van der Waals surface area contributed by atoms with Crippen LogP contribution in [0.25, 0.3) is 0 Å². The molecule has 0 unspecified atom stereocenters. The average Bonchev–Trinajstić information content (AvgIpc) is 2.50. The lowest BCUT2D eigenvalue weighted by molar-refractivity contribution is 0.0601. The minimum Gasteiger partial charge on any atom is -0.465 e. The van der Waals surface area contributed by atoms with Gasteiger partial charge in [0.15, 0.2) is 11.6 Å². The molecule has 1 N–H and O–H groups in total. The lowest BCUT2D eigenvalue weighted by Gasteiger charge is -2.10. The largest absolute Gasteiger partial charge is 0.465 e. The van der Waals surface area contributed by atoms with Gasteiger partial charge >= 0.3 is 12.1 Å². The molecule has 0 aliphatic rings. The SMILES string of the molecule is COC(=O)c1cc(F)c(F)cc1NC(=O)Oc1ccccc1. The second kappa shape index (κ2) is 6.66. The van der Waals surface area contributed by atoms with Crippen molar-refractivity contribution >= 4 is 17.7 Å². The fourth-order valence-electron chi connectivity index (χ4n) is 1.66. The lowest BCUT2D eigenvalue weighted by atomic mass is 10.1. The Labute approximate surface area is 124 Å². The van der Waals surface area contributed by atoms with Crippen LogP contribution >= 0.6 is 0 Å². The zero-order chi connectivity index (χ0) is 16.1. The predicted molar refractivity (Wildman–Crippen MR) is 73.8 cm³/mol. The quantitative estimate of drug-likeness (QED) is 0.883. The molecule has 114 valence electrons. The fraction of sp³-hybridized carbons (Fsp3) is 0.0667. The van der Waals surface area contributed by atoms with E-state index >= 15 is 0 Å². The first kappa shape index (κ1) is 15.4. The molecule has 0 radical (unpaired) electrons.